The van der Waals surface area contributed by atoms with E-state index in [1.165, 1.54) is 0 Å². The molecule has 0 aliphatic heterocycles. The zero-order valence-corrected chi connectivity index (χ0v) is 13.7. The molecule has 1 unspecified atom stereocenters. The summed E-state index contributed by atoms with van der Waals surface area (Å²) < 4.78 is 10.3. The standard InChI is InChI=1S/C14H17N3O3S.ClH/c1-2-19-12(18)9-21-14-17-16-13(20-14)11(15)8-10-6-4-3-5-7-10;/h3-7,11H,2,8-9,15H2,1H3;1H. The van der Waals surface area contributed by atoms with Crippen LogP contribution in [-0.2, 0) is 16.0 Å². The van der Waals surface area contributed by atoms with Gasteiger partial charge in [0.2, 0.25) is 5.89 Å². The Bertz CT molecular complexity index is 580. The normalized spacial score (nSPS) is 11.5. The van der Waals surface area contributed by atoms with Crippen molar-refractivity contribution < 1.29 is 13.9 Å². The summed E-state index contributed by atoms with van der Waals surface area (Å²) in [6, 6.07) is 9.48. The number of nitrogens with zero attached hydrogens (tertiary/aromatic N) is 2. The van der Waals surface area contributed by atoms with E-state index in [-0.39, 0.29) is 30.2 Å². The Kier molecular flexibility index (Phi) is 7.94. The van der Waals surface area contributed by atoms with Crippen LogP contribution in [-0.4, -0.2) is 28.5 Å². The predicted octanol–water partition coefficient (Wildman–Crippen LogP) is 2.39. The minimum atomic E-state index is -0.364. The minimum Gasteiger partial charge on any atom is -0.465 e. The lowest BCUT2D eigenvalue weighted by molar-refractivity contribution is -0.139. The minimum absolute atomic E-state index is 0. The highest BCUT2D eigenvalue weighted by atomic mass is 35.5. The molecule has 1 atom stereocenters. The molecule has 22 heavy (non-hydrogen) atoms. The first kappa shape index (κ1) is 18.5. The highest BCUT2D eigenvalue weighted by molar-refractivity contribution is 7.99. The third kappa shape index (κ3) is 5.67. The van der Waals surface area contributed by atoms with Crippen LogP contribution in [0, 0.1) is 0 Å². The summed E-state index contributed by atoms with van der Waals surface area (Å²) >= 11 is 1.14. The van der Waals surface area contributed by atoms with Gasteiger partial charge in [0.1, 0.15) is 5.75 Å². The van der Waals surface area contributed by atoms with Gasteiger partial charge in [-0.3, -0.25) is 4.79 Å². The summed E-state index contributed by atoms with van der Waals surface area (Å²) in [4.78, 5) is 11.2. The molecule has 0 bridgehead atoms. The molecule has 0 spiro atoms. The third-order valence-corrected chi connectivity index (χ3v) is 3.45. The fraction of sp³-hybridized carbons (Fsp3) is 0.357. The van der Waals surface area contributed by atoms with Crippen LogP contribution in [0.15, 0.2) is 40.0 Å². The Hall–Kier alpha value is -1.57. The Morgan fingerprint density at radius 3 is 2.77 bits per heavy atom. The zero-order chi connectivity index (χ0) is 15.1. The SMILES string of the molecule is CCOC(=O)CSc1nnc(C(N)Cc2ccccc2)o1.Cl. The average molecular weight is 344 g/mol. The Morgan fingerprint density at radius 1 is 1.36 bits per heavy atom. The lowest BCUT2D eigenvalue weighted by Gasteiger charge is -2.06. The average Bonchev–Trinajstić information content (AvgIpc) is 2.95. The second-order valence-electron chi connectivity index (χ2n) is 4.30. The van der Waals surface area contributed by atoms with Gasteiger partial charge in [0.25, 0.3) is 5.22 Å². The van der Waals surface area contributed by atoms with Crippen LogP contribution < -0.4 is 5.73 Å². The number of thioether (sulfide) groups is 1. The molecule has 0 saturated heterocycles. The van der Waals surface area contributed by atoms with Crippen molar-refractivity contribution >= 4 is 30.1 Å². The van der Waals surface area contributed by atoms with Crippen molar-refractivity contribution in [3.05, 3.63) is 41.8 Å². The van der Waals surface area contributed by atoms with E-state index in [0.717, 1.165) is 17.3 Å². The van der Waals surface area contributed by atoms with Gasteiger partial charge in [-0.15, -0.1) is 22.6 Å². The van der Waals surface area contributed by atoms with Crippen molar-refractivity contribution in [2.24, 2.45) is 5.73 Å². The van der Waals surface area contributed by atoms with Crippen molar-refractivity contribution in [3.8, 4) is 0 Å². The number of carbonyl (C=O) groups is 1. The Balaban J connectivity index is 0.00000242. The number of carbonyl (C=O) groups excluding carboxylic acids is 1. The largest absolute Gasteiger partial charge is 0.465 e. The molecule has 6 nitrogen and oxygen atoms in total. The molecule has 1 aromatic carbocycles. The van der Waals surface area contributed by atoms with Crippen molar-refractivity contribution in [1.82, 2.24) is 10.2 Å². The molecule has 1 aromatic heterocycles. The van der Waals surface area contributed by atoms with Gasteiger partial charge in [-0.05, 0) is 18.9 Å². The summed E-state index contributed by atoms with van der Waals surface area (Å²) in [5.74, 6) is 0.199. The number of benzene rings is 1. The lowest BCUT2D eigenvalue weighted by Crippen LogP contribution is -2.13. The molecular weight excluding hydrogens is 326 g/mol. The van der Waals surface area contributed by atoms with E-state index in [2.05, 4.69) is 10.2 Å². The molecular formula is C14H18ClN3O3S. The smallest absolute Gasteiger partial charge is 0.316 e. The Labute approximate surface area is 139 Å². The van der Waals surface area contributed by atoms with E-state index in [1.54, 1.807) is 6.92 Å². The van der Waals surface area contributed by atoms with Gasteiger partial charge >= 0.3 is 5.97 Å². The maximum atomic E-state index is 11.2. The van der Waals surface area contributed by atoms with Crippen molar-refractivity contribution in [3.63, 3.8) is 0 Å². The van der Waals surface area contributed by atoms with E-state index >= 15 is 0 Å². The molecule has 120 valence electrons. The van der Waals surface area contributed by atoms with Gasteiger partial charge in [-0.2, -0.15) is 0 Å². The quantitative estimate of drug-likeness (QED) is 0.609. The number of ether oxygens (including phenoxy) is 1. The second kappa shape index (κ2) is 9.45. The number of aromatic nitrogens is 2. The monoisotopic (exact) mass is 343 g/mol. The number of halogens is 1. The summed E-state index contributed by atoms with van der Waals surface area (Å²) in [5, 5.41) is 8.11. The van der Waals surface area contributed by atoms with Crippen molar-refractivity contribution in [2.75, 3.05) is 12.4 Å². The van der Waals surface area contributed by atoms with Crippen LogP contribution >= 0.6 is 24.2 Å². The number of nitrogens with two attached hydrogens (primary N) is 1. The van der Waals surface area contributed by atoms with E-state index in [1.807, 2.05) is 30.3 Å². The fourth-order valence-corrected chi connectivity index (χ4v) is 2.27. The maximum Gasteiger partial charge on any atom is 0.316 e. The lowest BCUT2D eigenvalue weighted by atomic mass is 10.1. The molecule has 1 heterocycles. The zero-order valence-electron chi connectivity index (χ0n) is 12.1. The number of esters is 1. The molecule has 0 amide bonds. The molecule has 0 aliphatic rings. The summed E-state index contributed by atoms with van der Waals surface area (Å²) in [6.07, 6.45) is 0.616. The van der Waals surface area contributed by atoms with Gasteiger partial charge in [-0.25, -0.2) is 0 Å². The second-order valence-corrected chi connectivity index (χ2v) is 5.22. The molecule has 2 aromatic rings. The summed E-state index contributed by atoms with van der Waals surface area (Å²) in [7, 11) is 0. The molecule has 0 aliphatic carbocycles. The van der Waals surface area contributed by atoms with Crippen LogP contribution in [0.3, 0.4) is 0 Å². The summed E-state index contributed by atoms with van der Waals surface area (Å²) in [5.41, 5.74) is 7.15. The predicted molar refractivity (Wildman–Crippen MR) is 86.0 cm³/mol. The Morgan fingerprint density at radius 2 is 2.09 bits per heavy atom. The van der Waals surface area contributed by atoms with E-state index < -0.39 is 0 Å². The van der Waals surface area contributed by atoms with E-state index in [4.69, 9.17) is 14.9 Å². The van der Waals surface area contributed by atoms with Gasteiger partial charge in [-0.1, -0.05) is 42.1 Å². The van der Waals surface area contributed by atoms with Crippen molar-refractivity contribution in [2.45, 2.75) is 24.6 Å². The molecule has 2 N–H and O–H groups in total. The van der Waals surface area contributed by atoms with Crippen LogP contribution in [0.4, 0.5) is 0 Å². The number of hydrogen-bond acceptors (Lipinski definition) is 7. The molecule has 0 radical (unpaired) electrons. The van der Waals surface area contributed by atoms with Crippen molar-refractivity contribution in [1.29, 1.82) is 0 Å². The topological polar surface area (TPSA) is 91.2 Å². The number of hydrogen-bond donors (Lipinski definition) is 1. The molecule has 0 fully saturated rings. The molecule has 2 rings (SSSR count). The van der Waals surface area contributed by atoms with Crippen LogP contribution in [0.1, 0.15) is 24.4 Å². The van der Waals surface area contributed by atoms with E-state index in [9.17, 15) is 4.79 Å². The van der Waals surface area contributed by atoms with Gasteiger partial charge in [0.15, 0.2) is 0 Å². The highest BCUT2D eigenvalue weighted by Gasteiger charge is 2.16. The maximum absolute atomic E-state index is 11.2. The third-order valence-electron chi connectivity index (χ3n) is 2.66. The molecule has 0 saturated carbocycles. The first-order valence-corrected chi connectivity index (χ1v) is 7.59. The van der Waals surface area contributed by atoms with E-state index in [0.29, 0.717) is 24.1 Å². The first-order chi connectivity index (χ1) is 10.2. The highest BCUT2D eigenvalue weighted by Crippen LogP contribution is 2.20. The first-order valence-electron chi connectivity index (χ1n) is 6.60. The van der Waals surface area contributed by atoms with Crippen LogP contribution in [0.2, 0.25) is 0 Å². The fourth-order valence-electron chi connectivity index (χ4n) is 1.71. The van der Waals surface area contributed by atoms with Gasteiger partial charge in [0, 0.05) is 0 Å². The van der Waals surface area contributed by atoms with Crippen LogP contribution in [0.5, 0.6) is 0 Å². The number of rotatable bonds is 7. The summed E-state index contributed by atoms with van der Waals surface area (Å²) in [6.45, 7) is 2.12. The van der Waals surface area contributed by atoms with Gasteiger partial charge in [0.05, 0.1) is 12.6 Å². The van der Waals surface area contributed by atoms with Gasteiger partial charge < -0.3 is 14.9 Å². The van der Waals surface area contributed by atoms with Crippen LogP contribution in [0.25, 0.3) is 0 Å². The molecule has 8 heteroatoms.